The van der Waals surface area contributed by atoms with E-state index in [0.717, 1.165) is 43.7 Å². The minimum absolute atomic E-state index is 0. The van der Waals surface area contributed by atoms with Crippen molar-refractivity contribution < 1.29 is 4.92 Å². The topological polar surface area (TPSA) is 58.4 Å². The molecule has 1 N–H and O–H groups in total. The zero-order chi connectivity index (χ0) is 14.5. The van der Waals surface area contributed by atoms with Crippen LogP contribution in [0.3, 0.4) is 0 Å². The number of nitrogens with zero attached hydrogens (tertiary/aromatic N) is 2. The first-order valence-corrected chi connectivity index (χ1v) is 6.92. The molecule has 0 unspecified atom stereocenters. The molecule has 2 rings (SSSR count). The van der Waals surface area contributed by atoms with Crippen LogP contribution in [0.15, 0.2) is 36.4 Å². The Morgan fingerprint density at radius 3 is 2.50 bits per heavy atom. The molecule has 124 valence electrons. The van der Waals surface area contributed by atoms with Crippen molar-refractivity contribution >= 4 is 30.5 Å². The van der Waals surface area contributed by atoms with Crippen LogP contribution in [0.1, 0.15) is 24.9 Å². The maximum absolute atomic E-state index is 11.2. The Morgan fingerprint density at radius 1 is 1.36 bits per heavy atom. The predicted octanol–water partition coefficient (Wildman–Crippen LogP) is 3.35. The van der Waals surface area contributed by atoms with Crippen LogP contribution in [-0.2, 0) is 0 Å². The van der Waals surface area contributed by atoms with Gasteiger partial charge in [0.2, 0.25) is 0 Å². The van der Waals surface area contributed by atoms with Crippen molar-refractivity contribution in [2.24, 2.45) is 0 Å². The third-order valence-electron chi connectivity index (χ3n) is 3.63. The van der Waals surface area contributed by atoms with Crippen molar-refractivity contribution in [2.45, 2.75) is 19.4 Å². The molecule has 1 aliphatic rings. The summed E-state index contributed by atoms with van der Waals surface area (Å²) >= 11 is 0. The van der Waals surface area contributed by atoms with Gasteiger partial charge in [0.25, 0.3) is 5.69 Å². The summed E-state index contributed by atoms with van der Waals surface area (Å²) in [6, 6.07) is 7.08. The van der Waals surface area contributed by atoms with Crippen LogP contribution in [-0.4, -0.2) is 36.0 Å². The average Bonchev–Trinajstić information content (AvgIpc) is 2.45. The molecule has 1 saturated heterocycles. The molecule has 0 amide bonds. The minimum atomic E-state index is -0.289. The predicted molar refractivity (Wildman–Crippen MR) is 94.2 cm³/mol. The van der Waals surface area contributed by atoms with Crippen LogP contribution in [0.4, 0.5) is 5.69 Å². The Morgan fingerprint density at radius 2 is 1.95 bits per heavy atom. The molecule has 0 saturated carbocycles. The van der Waals surface area contributed by atoms with Crippen molar-refractivity contribution in [3.8, 4) is 0 Å². The highest BCUT2D eigenvalue weighted by Gasteiger charge is 2.27. The fourth-order valence-corrected chi connectivity index (χ4v) is 2.70. The summed E-state index contributed by atoms with van der Waals surface area (Å²) < 4.78 is 0. The summed E-state index contributed by atoms with van der Waals surface area (Å²) in [6.07, 6.45) is 0.755. The number of halogens is 2. The van der Waals surface area contributed by atoms with Crippen molar-refractivity contribution in [3.63, 3.8) is 0 Å². The lowest BCUT2D eigenvalue weighted by Gasteiger charge is -2.35. The van der Waals surface area contributed by atoms with Gasteiger partial charge in [0.1, 0.15) is 0 Å². The van der Waals surface area contributed by atoms with Crippen LogP contribution in [0, 0.1) is 10.1 Å². The molecule has 1 aromatic carbocycles. The number of hydrogen-bond donors (Lipinski definition) is 1. The number of para-hydroxylation sites is 1. The van der Waals surface area contributed by atoms with Crippen molar-refractivity contribution in [1.29, 1.82) is 0 Å². The Labute approximate surface area is 143 Å². The molecule has 7 heteroatoms. The smallest absolute Gasteiger partial charge is 0.274 e. The number of nitro groups is 1. The van der Waals surface area contributed by atoms with E-state index in [0.29, 0.717) is 0 Å². The van der Waals surface area contributed by atoms with Gasteiger partial charge in [0.05, 0.1) is 4.92 Å². The number of nitrogens with one attached hydrogen (secondary N) is 1. The molecule has 1 fully saturated rings. The minimum Gasteiger partial charge on any atom is -0.314 e. The van der Waals surface area contributed by atoms with Gasteiger partial charge in [-0.25, -0.2) is 0 Å². The standard InChI is InChI=1S/C15H21N3O2.2ClH/c1-12(2)11-15(17-9-7-16-8-10-17)13-5-3-4-6-14(13)18(19)20;;/h3-6,15-16H,1,7-11H2,2H3;2*1H/t15-;;/m0../s1. The Balaban J connectivity index is 0.00000220. The summed E-state index contributed by atoms with van der Waals surface area (Å²) in [4.78, 5) is 13.3. The molecule has 0 aromatic heterocycles. The molecule has 0 aliphatic carbocycles. The largest absolute Gasteiger partial charge is 0.314 e. The van der Waals surface area contributed by atoms with Crippen LogP contribution in [0.5, 0.6) is 0 Å². The molecule has 0 radical (unpaired) electrons. The fraction of sp³-hybridized carbons (Fsp3) is 0.467. The lowest BCUT2D eigenvalue weighted by Crippen LogP contribution is -2.45. The molecule has 22 heavy (non-hydrogen) atoms. The normalized spacial score (nSPS) is 16.0. The summed E-state index contributed by atoms with van der Waals surface area (Å²) in [6.45, 7) is 9.62. The van der Waals surface area contributed by atoms with E-state index in [1.165, 1.54) is 0 Å². The Kier molecular flexibility index (Phi) is 9.28. The second kappa shape index (κ2) is 9.79. The van der Waals surface area contributed by atoms with E-state index in [1.807, 2.05) is 19.1 Å². The molecule has 1 aromatic rings. The van der Waals surface area contributed by atoms with E-state index in [2.05, 4.69) is 16.8 Å². The van der Waals surface area contributed by atoms with Crippen LogP contribution in [0.2, 0.25) is 0 Å². The van der Waals surface area contributed by atoms with Gasteiger partial charge in [0, 0.05) is 43.9 Å². The van der Waals surface area contributed by atoms with E-state index in [-0.39, 0.29) is 41.5 Å². The second-order valence-corrected chi connectivity index (χ2v) is 5.28. The van der Waals surface area contributed by atoms with Gasteiger partial charge in [-0.2, -0.15) is 0 Å². The molecular weight excluding hydrogens is 325 g/mol. The van der Waals surface area contributed by atoms with Gasteiger partial charge in [-0.1, -0.05) is 23.8 Å². The lowest BCUT2D eigenvalue weighted by atomic mass is 9.96. The lowest BCUT2D eigenvalue weighted by molar-refractivity contribution is -0.386. The number of rotatable bonds is 5. The number of hydrogen-bond acceptors (Lipinski definition) is 4. The Bertz CT molecular complexity index is 505. The highest BCUT2D eigenvalue weighted by atomic mass is 35.5. The second-order valence-electron chi connectivity index (χ2n) is 5.28. The highest BCUT2D eigenvalue weighted by molar-refractivity contribution is 5.85. The number of benzene rings is 1. The molecule has 1 atom stereocenters. The van der Waals surface area contributed by atoms with Crippen LogP contribution >= 0.6 is 24.8 Å². The van der Waals surface area contributed by atoms with Gasteiger partial charge < -0.3 is 5.32 Å². The fourth-order valence-electron chi connectivity index (χ4n) is 2.70. The third kappa shape index (κ3) is 5.25. The first kappa shape index (κ1) is 20.9. The van der Waals surface area contributed by atoms with Gasteiger partial charge in [0.15, 0.2) is 0 Å². The van der Waals surface area contributed by atoms with Crippen molar-refractivity contribution in [3.05, 3.63) is 52.1 Å². The van der Waals surface area contributed by atoms with Gasteiger partial charge in [-0.3, -0.25) is 15.0 Å². The van der Waals surface area contributed by atoms with E-state index in [1.54, 1.807) is 12.1 Å². The monoisotopic (exact) mass is 347 g/mol. The third-order valence-corrected chi connectivity index (χ3v) is 3.63. The molecule has 1 aliphatic heterocycles. The van der Waals surface area contributed by atoms with Gasteiger partial charge in [-0.05, 0) is 13.3 Å². The van der Waals surface area contributed by atoms with Gasteiger partial charge >= 0.3 is 0 Å². The molecular formula is C15H23Cl2N3O2. The van der Waals surface area contributed by atoms with E-state index < -0.39 is 0 Å². The first-order valence-electron chi connectivity index (χ1n) is 6.92. The zero-order valence-corrected chi connectivity index (χ0v) is 14.3. The molecule has 5 nitrogen and oxygen atoms in total. The van der Waals surface area contributed by atoms with Crippen LogP contribution < -0.4 is 5.32 Å². The SMILES string of the molecule is C=C(C)C[C@@H](c1ccccc1[N+](=O)[O-])N1CCNCC1.Cl.Cl. The van der Waals surface area contributed by atoms with Crippen LogP contribution in [0.25, 0.3) is 0 Å². The molecule has 1 heterocycles. The summed E-state index contributed by atoms with van der Waals surface area (Å²) in [7, 11) is 0. The highest BCUT2D eigenvalue weighted by Crippen LogP contribution is 2.33. The average molecular weight is 348 g/mol. The maximum Gasteiger partial charge on any atom is 0.274 e. The van der Waals surface area contributed by atoms with Crippen molar-refractivity contribution in [2.75, 3.05) is 26.2 Å². The zero-order valence-electron chi connectivity index (χ0n) is 12.7. The quantitative estimate of drug-likeness (QED) is 0.504. The molecule has 0 spiro atoms. The van der Waals surface area contributed by atoms with E-state index in [4.69, 9.17) is 0 Å². The Hall–Kier alpha value is -1.14. The van der Waals surface area contributed by atoms with E-state index in [9.17, 15) is 10.1 Å². The maximum atomic E-state index is 11.2. The molecule has 0 bridgehead atoms. The van der Waals surface area contributed by atoms with E-state index >= 15 is 0 Å². The van der Waals surface area contributed by atoms with Gasteiger partial charge in [-0.15, -0.1) is 31.4 Å². The number of nitro benzene ring substituents is 1. The summed E-state index contributed by atoms with van der Waals surface area (Å²) in [5, 5.41) is 14.6. The van der Waals surface area contributed by atoms with Crippen molar-refractivity contribution in [1.82, 2.24) is 10.2 Å². The summed E-state index contributed by atoms with van der Waals surface area (Å²) in [5.41, 5.74) is 2.05. The summed E-state index contributed by atoms with van der Waals surface area (Å²) in [5.74, 6) is 0. The number of piperazine rings is 1. The first-order chi connectivity index (χ1) is 9.59.